The van der Waals surface area contributed by atoms with Gasteiger partial charge in [0.05, 0.1) is 58.3 Å². The SMILES string of the molecule is [C-]#[N+]C(c1nc(Cl)cc2ccccc12)=c1c2c(-c3ccccc3[N+]#[C-])n(-c3ccccc3)c(=C(C#N)c3nc(Cl)cc4ccccc34)c2c(-c2ccccc2C#N)n1-c1ccccc1. The number of hydrogen-bond acceptors (Lipinski definition) is 4. The zero-order valence-corrected chi connectivity index (χ0v) is 35.0. The lowest BCUT2D eigenvalue weighted by Crippen LogP contribution is -2.23. The first-order valence-corrected chi connectivity index (χ1v) is 20.7. The Labute approximate surface area is 377 Å². The van der Waals surface area contributed by atoms with E-state index in [4.69, 9.17) is 46.3 Å². The lowest BCUT2D eigenvalue weighted by molar-refractivity contribution is 1.01. The average Bonchev–Trinajstić information content (AvgIpc) is 3.85. The van der Waals surface area contributed by atoms with Crippen molar-refractivity contribution in [2.24, 2.45) is 0 Å². The molecular weight excluding hydrogens is 832 g/mol. The van der Waals surface area contributed by atoms with Crippen molar-refractivity contribution in [3.63, 3.8) is 0 Å². The maximum Gasteiger partial charge on any atom is 0.236 e. The summed E-state index contributed by atoms with van der Waals surface area (Å²) in [6.07, 6.45) is 0. The van der Waals surface area contributed by atoms with Crippen molar-refractivity contribution in [2.45, 2.75) is 0 Å². The Morgan fingerprint density at radius 2 is 1.03 bits per heavy atom. The van der Waals surface area contributed by atoms with Crippen LogP contribution in [0.1, 0.15) is 17.0 Å². The summed E-state index contributed by atoms with van der Waals surface area (Å²) in [4.78, 5) is 18.2. The highest BCUT2D eigenvalue weighted by Crippen LogP contribution is 2.42. The molecule has 0 radical (unpaired) electrons. The lowest BCUT2D eigenvalue weighted by atomic mass is 9.99. The third kappa shape index (κ3) is 6.35. The summed E-state index contributed by atoms with van der Waals surface area (Å²) in [6, 6.07) is 57.5. The Hall–Kier alpha value is -8.76. The van der Waals surface area contributed by atoms with Gasteiger partial charge in [0.15, 0.2) is 5.69 Å². The summed E-state index contributed by atoms with van der Waals surface area (Å²) in [5, 5.41) is 27.8. The van der Waals surface area contributed by atoms with Gasteiger partial charge >= 0.3 is 0 Å². The first-order chi connectivity index (χ1) is 31.4. The molecular formula is C54H28Cl2N8. The van der Waals surface area contributed by atoms with Crippen molar-refractivity contribution in [1.29, 1.82) is 10.5 Å². The highest BCUT2D eigenvalue weighted by Gasteiger charge is 2.32. The van der Waals surface area contributed by atoms with Crippen LogP contribution in [0.15, 0.2) is 170 Å². The van der Waals surface area contributed by atoms with Crippen molar-refractivity contribution in [2.75, 3.05) is 0 Å². The molecule has 6 aromatic carbocycles. The molecule has 10 rings (SSSR count). The first kappa shape index (κ1) is 39.4. The van der Waals surface area contributed by atoms with E-state index in [9.17, 15) is 10.5 Å². The maximum absolute atomic E-state index is 11.8. The fourth-order valence-electron chi connectivity index (χ4n) is 8.71. The molecule has 0 atom stereocenters. The van der Waals surface area contributed by atoms with Crippen molar-refractivity contribution in [3.8, 4) is 46.0 Å². The highest BCUT2D eigenvalue weighted by molar-refractivity contribution is 6.30. The van der Waals surface area contributed by atoms with Crippen LogP contribution in [0.5, 0.6) is 0 Å². The van der Waals surface area contributed by atoms with Crippen LogP contribution in [0, 0.1) is 35.8 Å². The zero-order chi connectivity index (χ0) is 43.9. The van der Waals surface area contributed by atoms with Gasteiger partial charge in [0.1, 0.15) is 21.9 Å². The van der Waals surface area contributed by atoms with Crippen LogP contribution in [-0.4, -0.2) is 19.1 Å². The topological polar surface area (TPSA) is 91.9 Å². The second-order valence-electron chi connectivity index (χ2n) is 14.7. The number of rotatable bonds is 6. The molecule has 0 spiro atoms. The van der Waals surface area contributed by atoms with Crippen LogP contribution in [0.2, 0.25) is 10.3 Å². The number of halogens is 2. The third-order valence-corrected chi connectivity index (χ3v) is 11.7. The number of nitriles is 2. The molecule has 0 aliphatic rings. The molecule has 64 heavy (non-hydrogen) atoms. The number of pyridine rings is 2. The van der Waals surface area contributed by atoms with Crippen molar-refractivity contribution < 1.29 is 0 Å². The maximum atomic E-state index is 11.8. The highest BCUT2D eigenvalue weighted by atomic mass is 35.5. The minimum absolute atomic E-state index is 0.149. The van der Waals surface area contributed by atoms with Gasteiger partial charge in [0.25, 0.3) is 0 Å². The van der Waals surface area contributed by atoms with Crippen LogP contribution in [-0.2, 0) is 0 Å². The molecule has 10 heteroatoms. The average molecular weight is 860 g/mol. The quantitative estimate of drug-likeness (QED) is 0.123. The third-order valence-electron chi connectivity index (χ3n) is 11.3. The summed E-state index contributed by atoms with van der Waals surface area (Å²) >= 11 is 13.7. The number of hydrogen-bond donors (Lipinski definition) is 0. The van der Waals surface area contributed by atoms with E-state index in [1.807, 2.05) is 149 Å². The molecule has 0 N–H and O–H groups in total. The predicted octanol–water partition coefficient (Wildman–Crippen LogP) is 12.4. The van der Waals surface area contributed by atoms with Crippen LogP contribution in [0.25, 0.3) is 87.2 Å². The standard InChI is InChI=1S/C54H28Cl2N8/c1-59-43-28-16-15-27-41(43)52-47-46(53(63(52)36-20-5-3-6-21-36)42(32-58)48-38-24-12-9-17-33(38)29-44(55)61-48)51(40-26-14-11-19-35(40)31-57)64(37-22-7-4-8-23-37)54(47)50(60-2)49-39-25-13-10-18-34(39)30-45(56)62-49/h3-30H. The van der Waals surface area contributed by atoms with Gasteiger partial charge in [-0.05, 0) is 58.6 Å². The number of aromatic nitrogens is 4. The number of para-hydroxylation sites is 3. The van der Waals surface area contributed by atoms with Gasteiger partial charge in [-0.25, -0.2) is 19.7 Å². The van der Waals surface area contributed by atoms with Gasteiger partial charge in [-0.2, -0.15) is 10.5 Å². The van der Waals surface area contributed by atoms with Crippen molar-refractivity contribution in [1.82, 2.24) is 19.1 Å². The number of fused-ring (bicyclic) bond motifs is 3. The van der Waals surface area contributed by atoms with E-state index < -0.39 is 0 Å². The van der Waals surface area contributed by atoms with E-state index in [0.717, 1.165) is 10.8 Å². The van der Waals surface area contributed by atoms with Crippen LogP contribution in [0.4, 0.5) is 5.69 Å². The van der Waals surface area contributed by atoms with Crippen LogP contribution < -0.4 is 10.7 Å². The molecule has 0 saturated heterocycles. The molecule has 0 aliphatic heterocycles. The van der Waals surface area contributed by atoms with Gasteiger partial charge in [0, 0.05) is 38.7 Å². The van der Waals surface area contributed by atoms with Gasteiger partial charge in [-0.1, -0.05) is 151 Å². The Morgan fingerprint density at radius 1 is 0.547 bits per heavy atom. The summed E-state index contributed by atoms with van der Waals surface area (Å²) in [5.41, 5.74) is 5.12. The molecule has 0 aliphatic carbocycles. The van der Waals surface area contributed by atoms with Gasteiger partial charge in [0.2, 0.25) is 5.70 Å². The minimum atomic E-state index is 0.149. The smallest absolute Gasteiger partial charge is 0.236 e. The summed E-state index contributed by atoms with van der Waals surface area (Å²) < 4.78 is 3.96. The van der Waals surface area contributed by atoms with Crippen LogP contribution >= 0.6 is 23.2 Å². The molecule has 8 nitrogen and oxygen atoms in total. The molecule has 0 fully saturated rings. The van der Waals surface area contributed by atoms with Crippen LogP contribution in [0.3, 0.4) is 0 Å². The van der Waals surface area contributed by atoms with E-state index in [1.54, 1.807) is 30.3 Å². The lowest BCUT2D eigenvalue weighted by Gasteiger charge is -2.17. The van der Waals surface area contributed by atoms with E-state index in [0.29, 0.717) is 88.8 Å². The zero-order valence-electron chi connectivity index (χ0n) is 33.5. The Bertz CT molecular complexity index is 3610. The normalized spacial score (nSPS) is 12.0. The summed E-state index contributed by atoms with van der Waals surface area (Å²) in [7, 11) is 0. The predicted molar refractivity (Wildman–Crippen MR) is 254 cm³/mol. The fourth-order valence-corrected chi connectivity index (χ4v) is 9.11. The fraction of sp³-hybridized carbons (Fsp3) is 0. The van der Waals surface area contributed by atoms with Crippen molar-refractivity contribution in [3.05, 3.63) is 231 Å². The molecule has 10 aromatic rings. The van der Waals surface area contributed by atoms with Gasteiger partial charge in [-0.3, -0.25) is 0 Å². The Balaban J connectivity index is 1.66. The Morgan fingerprint density at radius 3 is 1.62 bits per heavy atom. The number of nitrogens with zero attached hydrogens (tertiary/aromatic N) is 8. The molecule has 0 bridgehead atoms. The van der Waals surface area contributed by atoms with E-state index in [2.05, 4.69) is 21.8 Å². The van der Waals surface area contributed by atoms with Gasteiger partial charge in [-0.15, -0.1) is 0 Å². The molecule has 0 amide bonds. The molecule has 0 saturated carbocycles. The van der Waals surface area contributed by atoms with Gasteiger partial charge < -0.3 is 9.13 Å². The largest absolute Gasteiger partial charge is 0.318 e. The molecule has 0 unspecified atom stereocenters. The first-order valence-electron chi connectivity index (χ1n) is 20.0. The molecule has 4 aromatic heterocycles. The molecule has 4 heterocycles. The van der Waals surface area contributed by atoms with E-state index in [-0.39, 0.29) is 21.6 Å². The minimum Gasteiger partial charge on any atom is -0.318 e. The number of benzene rings is 6. The second-order valence-corrected chi connectivity index (χ2v) is 15.5. The Kier molecular flexibility index (Phi) is 10.0. The summed E-state index contributed by atoms with van der Waals surface area (Å²) in [5.74, 6) is 0. The van der Waals surface area contributed by atoms with E-state index in [1.165, 1.54) is 0 Å². The van der Waals surface area contributed by atoms with Crippen molar-refractivity contribution >= 4 is 72.5 Å². The van der Waals surface area contributed by atoms with E-state index >= 15 is 0 Å². The monoisotopic (exact) mass is 858 g/mol. The summed E-state index contributed by atoms with van der Waals surface area (Å²) in [6.45, 7) is 17.7. The second kappa shape index (κ2) is 16.3. The molecule has 298 valence electrons.